The first kappa shape index (κ1) is 27.2. The second-order valence-electron chi connectivity index (χ2n) is 7.37. The Morgan fingerprint density at radius 2 is 1.78 bits per heavy atom. The summed E-state index contributed by atoms with van der Waals surface area (Å²) in [5, 5.41) is 12.3. The number of benzene rings is 3. The first-order valence-electron chi connectivity index (χ1n) is 10.8. The molecule has 0 fully saturated rings. The van der Waals surface area contributed by atoms with Crippen molar-refractivity contribution in [2.24, 2.45) is 0 Å². The van der Waals surface area contributed by atoms with E-state index in [0.717, 1.165) is 13.6 Å². The normalized spacial score (nSPS) is 10.8. The van der Waals surface area contributed by atoms with Crippen LogP contribution in [-0.2, 0) is 16.1 Å². The molecule has 9 heteroatoms. The quantitative estimate of drug-likeness (QED) is 0.124. The van der Waals surface area contributed by atoms with Crippen LogP contribution in [0.1, 0.15) is 28.4 Å². The molecule has 0 atom stereocenters. The molecule has 36 heavy (non-hydrogen) atoms. The molecule has 0 aromatic heterocycles. The molecule has 0 spiro atoms. The highest BCUT2D eigenvalue weighted by Crippen LogP contribution is 2.35. The number of carbonyl (C=O) groups excluding carboxylic acids is 2. The number of amides is 1. The molecule has 184 valence electrons. The summed E-state index contributed by atoms with van der Waals surface area (Å²) in [7, 11) is 1.29. The van der Waals surface area contributed by atoms with Gasteiger partial charge in [0.25, 0.3) is 5.91 Å². The fourth-order valence-corrected chi connectivity index (χ4v) is 4.18. The maximum absolute atomic E-state index is 12.7. The molecule has 7 nitrogen and oxygen atoms in total. The SMILES string of the molecule is CCOc1cc(/C=C(\C#N)C(=O)Nc2ccc(C(=O)OC)cc2)cc(I)c1OCc1ccc(Br)cc1. The van der Waals surface area contributed by atoms with Crippen LogP contribution in [0.5, 0.6) is 11.5 Å². The Morgan fingerprint density at radius 3 is 2.39 bits per heavy atom. The average molecular weight is 661 g/mol. The number of anilines is 1. The highest BCUT2D eigenvalue weighted by molar-refractivity contribution is 14.1. The van der Waals surface area contributed by atoms with Gasteiger partial charge in [0, 0.05) is 10.2 Å². The zero-order chi connectivity index (χ0) is 26.1. The van der Waals surface area contributed by atoms with Gasteiger partial charge in [0.05, 0.1) is 22.9 Å². The van der Waals surface area contributed by atoms with Crippen molar-refractivity contribution in [3.63, 3.8) is 0 Å². The molecule has 0 saturated carbocycles. The third kappa shape index (κ3) is 7.32. The van der Waals surface area contributed by atoms with E-state index in [1.165, 1.54) is 25.3 Å². The minimum Gasteiger partial charge on any atom is -0.490 e. The van der Waals surface area contributed by atoms with Crippen molar-refractivity contribution in [1.29, 1.82) is 5.26 Å². The largest absolute Gasteiger partial charge is 0.490 e. The summed E-state index contributed by atoms with van der Waals surface area (Å²) < 4.78 is 18.3. The van der Waals surface area contributed by atoms with Gasteiger partial charge < -0.3 is 19.5 Å². The van der Waals surface area contributed by atoms with Gasteiger partial charge in [-0.3, -0.25) is 4.79 Å². The number of nitrogens with one attached hydrogen (secondary N) is 1. The predicted molar refractivity (Wildman–Crippen MR) is 149 cm³/mol. The maximum Gasteiger partial charge on any atom is 0.337 e. The van der Waals surface area contributed by atoms with E-state index < -0.39 is 11.9 Å². The van der Waals surface area contributed by atoms with Gasteiger partial charge in [-0.1, -0.05) is 28.1 Å². The van der Waals surface area contributed by atoms with Gasteiger partial charge in [-0.05, 0) is 95.2 Å². The molecule has 0 aliphatic rings. The van der Waals surface area contributed by atoms with Crippen LogP contribution in [-0.4, -0.2) is 25.6 Å². The van der Waals surface area contributed by atoms with Gasteiger partial charge in [-0.15, -0.1) is 0 Å². The minimum absolute atomic E-state index is 0.0891. The van der Waals surface area contributed by atoms with Crippen molar-refractivity contribution in [2.75, 3.05) is 19.0 Å². The van der Waals surface area contributed by atoms with E-state index in [2.05, 4.69) is 48.6 Å². The van der Waals surface area contributed by atoms with Crippen LogP contribution in [0.25, 0.3) is 6.08 Å². The van der Waals surface area contributed by atoms with E-state index in [1.54, 1.807) is 18.2 Å². The topological polar surface area (TPSA) is 97.7 Å². The third-order valence-corrected chi connectivity index (χ3v) is 6.20. The van der Waals surface area contributed by atoms with Crippen LogP contribution < -0.4 is 14.8 Å². The Bertz CT molecular complexity index is 1320. The average Bonchev–Trinajstić information content (AvgIpc) is 2.88. The Morgan fingerprint density at radius 1 is 1.08 bits per heavy atom. The smallest absolute Gasteiger partial charge is 0.337 e. The van der Waals surface area contributed by atoms with Crippen LogP contribution in [0, 0.1) is 14.9 Å². The first-order valence-corrected chi connectivity index (χ1v) is 12.7. The summed E-state index contributed by atoms with van der Waals surface area (Å²) in [6.07, 6.45) is 1.49. The number of esters is 1. The molecule has 1 N–H and O–H groups in total. The van der Waals surface area contributed by atoms with Crippen LogP contribution in [0.15, 0.2) is 70.7 Å². The van der Waals surface area contributed by atoms with Crippen molar-refractivity contribution >= 4 is 62.2 Å². The van der Waals surface area contributed by atoms with Crippen molar-refractivity contribution in [2.45, 2.75) is 13.5 Å². The molecule has 3 rings (SSSR count). The Hall–Kier alpha value is -3.36. The number of hydrogen-bond donors (Lipinski definition) is 1. The fourth-order valence-electron chi connectivity index (χ4n) is 3.13. The predicted octanol–water partition coefficient (Wildman–Crippen LogP) is 6.36. The van der Waals surface area contributed by atoms with Crippen LogP contribution >= 0.6 is 38.5 Å². The van der Waals surface area contributed by atoms with E-state index in [1.807, 2.05) is 43.3 Å². The number of ether oxygens (including phenoxy) is 3. The lowest BCUT2D eigenvalue weighted by Crippen LogP contribution is -2.13. The second kappa shape index (κ2) is 13.1. The number of nitrogens with zero attached hydrogens (tertiary/aromatic N) is 1. The van der Waals surface area contributed by atoms with Gasteiger partial charge in [0.1, 0.15) is 18.2 Å². The second-order valence-corrected chi connectivity index (χ2v) is 9.45. The molecule has 0 heterocycles. The molecule has 3 aromatic carbocycles. The summed E-state index contributed by atoms with van der Waals surface area (Å²) in [6, 6.07) is 19.5. The molecule has 0 bridgehead atoms. The maximum atomic E-state index is 12.7. The molecular weight excluding hydrogens is 639 g/mol. The molecule has 1 amide bonds. The van der Waals surface area contributed by atoms with Gasteiger partial charge in [-0.25, -0.2) is 4.79 Å². The molecule has 0 saturated heterocycles. The number of halogens is 2. The van der Waals surface area contributed by atoms with E-state index in [0.29, 0.717) is 41.5 Å². The standard InChI is InChI=1S/C27H22BrIN2O5/c1-3-35-24-14-18(13-23(29)25(24)36-16-17-4-8-21(28)9-5-17)12-20(15-30)26(32)31-22-10-6-19(7-11-22)27(33)34-2/h4-14H,3,16H2,1-2H3,(H,31,32)/b20-12+. The summed E-state index contributed by atoms with van der Waals surface area (Å²) in [6.45, 7) is 2.65. The summed E-state index contributed by atoms with van der Waals surface area (Å²) >= 11 is 5.56. The molecule has 3 aromatic rings. The number of hydrogen-bond acceptors (Lipinski definition) is 6. The van der Waals surface area contributed by atoms with E-state index in [-0.39, 0.29) is 5.57 Å². The zero-order valence-corrected chi connectivity index (χ0v) is 23.3. The van der Waals surface area contributed by atoms with E-state index >= 15 is 0 Å². The molecule has 0 unspecified atom stereocenters. The van der Waals surface area contributed by atoms with Crippen molar-refractivity contribution in [1.82, 2.24) is 0 Å². The number of rotatable bonds is 9. The number of carbonyl (C=O) groups is 2. The summed E-state index contributed by atoms with van der Waals surface area (Å²) in [4.78, 5) is 24.3. The lowest BCUT2D eigenvalue weighted by molar-refractivity contribution is -0.112. The van der Waals surface area contributed by atoms with Crippen LogP contribution in [0.4, 0.5) is 5.69 Å². The van der Waals surface area contributed by atoms with Gasteiger partial charge in [0.2, 0.25) is 0 Å². The Balaban J connectivity index is 1.80. The first-order chi connectivity index (χ1) is 17.3. The fraction of sp³-hybridized carbons (Fsp3) is 0.148. The van der Waals surface area contributed by atoms with Crippen LogP contribution in [0.2, 0.25) is 0 Å². The van der Waals surface area contributed by atoms with Crippen molar-refractivity contribution in [3.8, 4) is 17.6 Å². The summed E-state index contributed by atoms with van der Waals surface area (Å²) in [5.74, 6) is 0.0522. The van der Waals surface area contributed by atoms with Gasteiger partial charge >= 0.3 is 5.97 Å². The van der Waals surface area contributed by atoms with Crippen molar-refractivity contribution < 1.29 is 23.8 Å². The molecule has 0 radical (unpaired) electrons. The highest BCUT2D eigenvalue weighted by atomic mass is 127. The molecular formula is C27H22BrIN2O5. The lowest BCUT2D eigenvalue weighted by atomic mass is 10.1. The Labute approximate surface area is 231 Å². The van der Waals surface area contributed by atoms with E-state index in [4.69, 9.17) is 9.47 Å². The van der Waals surface area contributed by atoms with Crippen LogP contribution in [0.3, 0.4) is 0 Å². The summed E-state index contributed by atoms with van der Waals surface area (Å²) in [5.41, 5.74) is 2.32. The molecule has 0 aliphatic carbocycles. The monoisotopic (exact) mass is 660 g/mol. The molecule has 0 aliphatic heterocycles. The van der Waals surface area contributed by atoms with E-state index in [9.17, 15) is 14.9 Å². The third-order valence-electron chi connectivity index (χ3n) is 4.87. The zero-order valence-electron chi connectivity index (χ0n) is 19.5. The number of nitriles is 1. The lowest BCUT2D eigenvalue weighted by Gasteiger charge is -2.15. The van der Waals surface area contributed by atoms with Crippen molar-refractivity contribution in [3.05, 3.63) is 91.0 Å². The Kier molecular flexibility index (Phi) is 9.90. The number of methoxy groups -OCH3 is 1. The minimum atomic E-state index is -0.577. The van der Waals surface area contributed by atoms with Gasteiger partial charge in [-0.2, -0.15) is 5.26 Å². The van der Waals surface area contributed by atoms with Gasteiger partial charge in [0.15, 0.2) is 11.5 Å². The highest BCUT2D eigenvalue weighted by Gasteiger charge is 2.15.